The Bertz CT molecular complexity index is 141. The van der Waals surface area contributed by atoms with Crippen molar-refractivity contribution in [1.82, 2.24) is 4.98 Å². The molecule has 0 fully saturated rings. The fraction of sp³-hybridized carbons (Fsp3) is 0.200. The Labute approximate surface area is 57.5 Å². The monoisotopic (exact) mass is 144 g/mol. The Hall–Kier alpha value is -0.740. The highest BCUT2D eigenvalue weighted by Gasteiger charge is 1.85. The number of thiazole rings is 1. The molecule has 1 aromatic heterocycles. The highest BCUT2D eigenvalue weighted by atomic mass is 32.1. The van der Waals surface area contributed by atoms with Crippen molar-refractivity contribution < 1.29 is 5.11 Å². The SMILES string of the molecule is C=N.OCc1nccs1. The second-order valence-electron chi connectivity index (χ2n) is 1.08. The largest absolute Gasteiger partial charge is 0.389 e. The Morgan fingerprint density at radius 2 is 2.44 bits per heavy atom. The van der Waals surface area contributed by atoms with Gasteiger partial charge in [0.25, 0.3) is 0 Å². The molecule has 2 N–H and O–H groups in total. The van der Waals surface area contributed by atoms with Crippen LogP contribution in [-0.2, 0) is 6.61 Å². The molecule has 50 valence electrons. The molecule has 0 aliphatic heterocycles. The summed E-state index contributed by atoms with van der Waals surface area (Å²) in [6, 6.07) is 0. The summed E-state index contributed by atoms with van der Waals surface area (Å²) in [6.45, 7) is 2.57. The van der Waals surface area contributed by atoms with E-state index in [-0.39, 0.29) is 6.61 Å². The van der Waals surface area contributed by atoms with Gasteiger partial charge in [-0.2, -0.15) is 0 Å². The first-order valence-corrected chi connectivity index (χ1v) is 3.16. The quantitative estimate of drug-likeness (QED) is 0.575. The Kier molecular flexibility index (Phi) is 4.95. The Balaban J connectivity index is 0.000000291. The zero-order valence-corrected chi connectivity index (χ0v) is 5.69. The topological polar surface area (TPSA) is 57.0 Å². The Morgan fingerprint density at radius 1 is 1.78 bits per heavy atom. The van der Waals surface area contributed by atoms with E-state index in [9.17, 15) is 0 Å². The minimum Gasteiger partial charge on any atom is -0.389 e. The highest BCUT2D eigenvalue weighted by Crippen LogP contribution is 2.01. The predicted molar refractivity (Wildman–Crippen MR) is 37.9 cm³/mol. The number of nitrogens with zero attached hydrogens (tertiary/aromatic N) is 1. The van der Waals surface area contributed by atoms with Gasteiger partial charge in [-0.25, -0.2) is 4.98 Å². The lowest BCUT2D eigenvalue weighted by atomic mass is 10.8. The number of nitrogens with one attached hydrogen (secondary N) is 1. The van der Waals surface area contributed by atoms with Crippen LogP contribution in [0.2, 0.25) is 0 Å². The van der Waals surface area contributed by atoms with Crippen LogP contribution in [0.15, 0.2) is 11.6 Å². The molecule has 0 aromatic carbocycles. The average Bonchev–Trinajstić information content (AvgIpc) is 2.43. The molecular weight excluding hydrogens is 136 g/mol. The van der Waals surface area contributed by atoms with Crippen molar-refractivity contribution in [1.29, 1.82) is 5.41 Å². The maximum atomic E-state index is 8.37. The summed E-state index contributed by atoms with van der Waals surface area (Å²) < 4.78 is 0. The number of aliphatic hydroxyl groups is 1. The highest BCUT2D eigenvalue weighted by molar-refractivity contribution is 7.09. The molecule has 0 spiro atoms. The van der Waals surface area contributed by atoms with Gasteiger partial charge in [-0.05, 0) is 6.72 Å². The van der Waals surface area contributed by atoms with Gasteiger partial charge >= 0.3 is 0 Å². The molecule has 0 aliphatic rings. The minimum absolute atomic E-state index is 0.0671. The molecule has 0 bridgehead atoms. The molecule has 0 radical (unpaired) electrons. The van der Waals surface area contributed by atoms with Crippen molar-refractivity contribution in [3.63, 3.8) is 0 Å². The van der Waals surface area contributed by atoms with Crippen LogP contribution in [-0.4, -0.2) is 16.8 Å². The van der Waals surface area contributed by atoms with Gasteiger partial charge in [-0.15, -0.1) is 11.3 Å². The van der Waals surface area contributed by atoms with Gasteiger partial charge < -0.3 is 10.5 Å². The van der Waals surface area contributed by atoms with Gasteiger partial charge in [0, 0.05) is 11.6 Å². The van der Waals surface area contributed by atoms with Crippen LogP contribution in [0, 0.1) is 5.41 Å². The van der Waals surface area contributed by atoms with Crippen molar-refractivity contribution in [3.8, 4) is 0 Å². The molecule has 0 saturated carbocycles. The lowest BCUT2D eigenvalue weighted by Gasteiger charge is -1.77. The minimum atomic E-state index is 0.0671. The van der Waals surface area contributed by atoms with Crippen LogP contribution in [0.4, 0.5) is 0 Å². The maximum absolute atomic E-state index is 8.37. The number of aliphatic hydroxyl groups excluding tert-OH is 1. The maximum Gasteiger partial charge on any atom is 0.118 e. The molecule has 0 saturated heterocycles. The van der Waals surface area contributed by atoms with Crippen LogP contribution >= 0.6 is 11.3 Å². The summed E-state index contributed by atoms with van der Waals surface area (Å²) >= 11 is 1.46. The molecule has 3 nitrogen and oxygen atoms in total. The lowest BCUT2D eigenvalue weighted by molar-refractivity contribution is 0.281. The zero-order chi connectivity index (χ0) is 7.11. The molecule has 4 heteroatoms. The van der Waals surface area contributed by atoms with E-state index in [1.54, 1.807) is 6.20 Å². The predicted octanol–water partition coefficient (Wildman–Crippen LogP) is 0.901. The number of rotatable bonds is 1. The van der Waals surface area contributed by atoms with Crippen molar-refractivity contribution in [3.05, 3.63) is 16.6 Å². The summed E-state index contributed by atoms with van der Waals surface area (Å²) in [7, 11) is 0. The second-order valence-corrected chi connectivity index (χ2v) is 2.06. The van der Waals surface area contributed by atoms with Crippen LogP contribution in [0.5, 0.6) is 0 Å². The van der Waals surface area contributed by atoms with E-state index in [0.29, 0.717) is 0 Å². The van der Waals surface area contributed by atoms with Gasteiger partial charge in [0.1, 0.15) is 5.01 Å². The fourth-order valence-electron chi connectivity index (χ4n) is 0.331. The fourth-order valence-corrected chi connectivity index (χ4v) is 0.806. The van der Waals surface area contributed by atoms with Gasteiger partial charge in [0.05, 0.1) is 6.61 Å². The van der Waals surface area contributed by atoms with Crippen LogP contribution in [0.25, 0.3) is 0 Å². The first-order chi connectivity index (χ1) is 4.43. The average molecular weight is 144 g/mol. The standard InChI is InChI=1S/C4H5NOS.CH3N/c6-3-4-5-1-2-7-4;1-2/h1-2,6H,3H2;2H,1H2. The smallest absolute Gasteiger partial charge is 0.118 e. The van der Waals surface area contributed by atoms with E-state index in [4.69, 9.17) is 10.5 Å². The van der Waals surface area contributed by atoms with Crippen molar-refractivity contribution in [2.75, 3.05) is 0 Å². The summed E-state index contributed by atoms with van der Waals surface area (Å²) in [5.41, 5.74) is 0. The summed E-state index contributed by atoms with van der Waals surface area (Å²) in [5.74, 6) is 0. The van der Waals surface area contributed by atoms with Crippen LogP contribution in [0.1, 0.15) is 5.01 Å². The lowest BCUT2D eigenvalue weighted by Crippen LogP contribution is -1.75. The first kappa shape index (κ1) is 8.26. The molecule has 1 aromatic rings. The third kappa shape index (κ3) is 2.94. The van der Waals surface area contributed by atoms with E-state index in [0.717, 1.165) is 5.01 Å². The molecule has 0 aliphatic carbocycles. The number of hydrogen-bond donors (Lipinski definition) is 2. The summed E-state index contributed by atoms with van der Waals surface area (Å²) in [4.78, 5) is 3.80. The van der Waals surface area contributed by atoms with Crippen molar-refractivity contribution >= 4 is 18.1 Å². The van der Waals surface area contributed by atoms with Crippen LogP contribution in [0.3, 0.4) is 0 Å². The van der Waals surface area contributed by atoms with E-state index in [1.165, 1.54) is 11.3 Å². The summed E-state index contributed by atoms with van der Waals surface area (Å²) in [5, 5.41) is 16.5. The van der Waals surface area contributed by atoms with E-state index >= 15 is 0 Å². The number of hydrogen-bond acceptors (Lipinski definition) is 4. The second kappa shape index (κ2) is 5.40. The van der Waals surface area contributed by atoms with Crippen LogP contribution < -0.4 is 0 Å². The van der Waals surface area contributed by atoms with E-state index < -0.39 is 0 Å². The van der Waals surface area contributed by atoms with Gasteiger partial charge in [-0.3, -0.25) is 0 Å². The molecule has 0 unspecified atom stereocenters. The molecular formula is C5H8N2OS. The third-order valence-electron chi connectivity index (χ3n) is 0.619. The van der Waals surface area contributed by atoms with E-state index in [2.05, 4.69) is 11.7 Å². The number of aromatic nitrogens is 1. The van der Waals surface area contributed by atoms with E-state index in [1.807, 2.05) is 5.38 Å². The molecule has 9 heavy (non-hydrogen) atoms. The Morgan fingerprint density at radius 3 is 2.67 bits per heavy atom. The molecule has 0 amide bonds. The zero-order valence-electron chi connectivity index (χ0n) is 4.87. The van der Waals surface area contributed by atoms with Crippen molar-refractivity contribution in [2.24, 2.45) is 0 Å². The first-order valence-electron chi connectivity index (χ1n) is 2.28. The third-order valence-corrected chi connectivity index (χ3v) is 1.38. The molecule has 1 rings (SSSR count). The van der Waals surface area contributed by atoms with Gasteiger partial charge in [0.15, 0.2) is 0 Å². The van der Waals surface area contributed by atoms with Gasteiger partial charge in [-0.1, -0.05) is 0 Å². The molecule has 1 heterocycles. The summed E-state index contributed by atoms with van der Waals surface area (Å²) in [6.07, 6.45) is 1.68. The van der Waals surface area contributed by atoms with Gasteiger partial charge in [0.2, 0.25) is 0 Å². The van der Waals surface area contributed by atoms with Crippen molar-refractivity contribution in [2.45, 2.75) is 6.61 Å². The normalized spacial score (nSPS) is 7.67. The molecule has 0 atom stereocenters.